The molecule has 3 nitrogen and oxygen atoms in total. The predicted octanol–water partition coefficient (Wildman–Crippen LogP) is 4.05. The Balaban J connectivity index is 2.29. The number of benzene rings is 1. The molecule has 1 aromatic carbocycles. The number of ether oxygens (including phenoxy) is 1. The van der Waals surface area contributed by atoms with Gasteiger partial charge in [-0.25, -0.2) is 0 Å². The van der Waals surface area contributed by atoms with E-state index in [0.717, 1.165) is 6.42 Å². The molecule has 0 aliphatic heterocycles. The fourth-order valence-corrected chi connectivity index (χ4v) is 1.92. The minimum absolute atomic E-state index is 0.385. The van der Waals surface area contributed by atoms with E-state index in [1.165, 1.54) is 32.1 Å². The van der Waals surface area contributed by atoms with Crippen LogP contribution in [-0.4, -0.2) is 19.2 Å². The van der Waals surface area contributed by atoms with E-state index in [0.29, 0.717) is 36.1 Å². The van der Waals surface area contributed by atoms with Crippen LogP contribution in [0.1, 0.15) is 66.2 Å². The fraction of sp³-hybridized carbons (Fsp3) is 0.500. The molecule has 0 aromatic heterocycles. The van der Waals surface area contributed by atoms with Crippen LogP contribution >= 0.6 is 0 Å². The normalized spacial score (nSPS) is 10.2. The van der Waals surface area contributed by atoms with E-state index in [4.69, 9.17) is 4.74 Å². The van der Waals surface area contributed by atoms with Gasteiger partial charge < -0.3 is 4.74 Å². The lowest BCUT2D eigenvalue weighted by Gasteiger charge is -2.07. The maximum Gasteiger partial charge on any atom is 0.150 e. The topological polar surface area (TPSA) is 43.4 Å². The smallest absolute Gasteiger partial charge is 0.150 e. The molecular weight excluding hydrogens is 240 g/mol. The van der Waals surface area contributed by atoms with E-state index in [-0.39, 0.29) is 0 Å². The average molecular weight is 262 g/mol. The monoisotopic (exact) mass is 262 g/mol. The molecule has 1 rings (SSSR count). The number of hydrogen-bond donors (Lipinski definition) is 0. The molecule has 0 bridgehead atoms. The minimum atomic E-state index is 0.385. The van der Waals surface area contributed by atoms with Crippen molar-refractivity contribution in [3.05, 3.63) is 29.3 Å². The molecule has 0 saturated heterocycles. The van der Waals surface area contributed by atoms with E-state index in [9.17, 15) is 9.59 Å². The van der Waals surface area contributed by atoms with Crippen LogP contribution in [-0.2, 0) is 0 Å². The van der Waals surface area contributed by atoms with Crippen molar-refractivity contribution in [3.63, 3.8) is 0 Å². The van der Waals surface area contributed by atoms with Crippen LogP contribution in [0.25, 0.3) is 0 Å². The zero-order chi connectivity index (χ0) is 13.9. The summed E-state index contributed by atoms with van der Waals surface area (Å²) in [5, 5.41) is 0. The largest absolute Gasteiger partial charge is 0.494 e. The molecule has 0 radical (unpaired) electrons. The highest BCUT2D eigenvalue weighted by molar-refractivity contribution is 5.90. The highest BCUT2D eigenvalue weighted by Crippen LogP contribution is 2.16. The predicted molar refractivity (Wildman–Crippen MR) is 76.1 cm³/mol. The second-order valence-electron chi connectivity index (χ2n) is 4.64. The number of hydrogen-bond acceptors (Lipinski definition) is 3. The molecule has 104 valence electrons. The lowest BCUT2D eigenvalue weighted by molar-refractivity contribution is 0.109. The summed E-state index contributed by atoms with van der Waals surface area (Å²) in [5.74, 6) is 0.654. The SMILES string of the molecule is CCCCCCCCOc1ccc(C=O)c(C=O)c1. The van der Waals surface area contributed by atoms with Gasteiger partial charge in [-0.1, -0.05) is 39.0 Å². The van der Waals surface area contributed by atoms with Gasteiger partial charge in [0, 0.05) is 11.1 Å². The summed E-state index contributed by atoms with van der Waals surface area (Å²) in [6, 6.07) is 4.97. The summed E-state index contributed by atoms with van der Waals surface area (Å²) in [6.45, 7) is 2.86. The molecule has 0 aliphatic rings. The molecule has 0 heterocycles. The Labute approximate surface area is 115 Å². The zero-order valence-corrected chi connectivity index (χ0v) is 11.6. The molecular formula is C16H22O3. The van der Waals surface area contributed by atoms with Crippen LogP contribution in [0.5, 0.6) is 5.75 Å². The molecule has 0 N–H and O–H groups in total. The standard InChI is InChI=1S/C16H22O3/c1-2-3-4-5-6-7-10-19-16-9-8-14(12-17)15(11-16)13-18/h8-9,11-13H,2-7,10H2,1H3. The Morgan fingerprint density at radius 3 is 2.32 bits per heavy atom. The highest BCUT2D eigenvalue weighted by atomic mass is 16.5. The Hall–Kier alpha value is -1.64. The first-order chi connectivity index (χ1) is 9.31. The summed E-state index contributed by atoms with van der Waals surface area (Å²) in [4.78, 5) is 21.5. The minimum Gasteiger partial charge on any atom is -0.494 e. The lowest BCUT2D eigenvalue weighted by atomic mass is 10.1. The third kappa shape index (κ3) is 5.69. The maximum absolute atomic E-state index is 10.8. The van der Waals surface area contributed by atoms with Gasteiger partial charge in [0.05, 0.1) is 6.61 Å². The number of rotatable bonds is 10. The van der Waals surface area contributed by atoms with Gasteiger partial charge in [-0.05, 0) is 24.6 Å². The quantitative estimate of drug-likeness (QED) is 0.472. The molecule has 3 heteroatoms. The molecule has 0 amide bonds. The van der Waals surface area contributed by atoms with Crippen LogP contribution in [0.15, 0.2) is 18.2 Å². The Kier molecular flexibility index (Phi) is 7.56. The summed E-state index contributed by atoms with van der Waals surface area (Å²) < 4.78 is 5.58. The van der Waals surface area contributed by atoms with Crippen LogP contribution in [0, 0.1) is 0 Å². The number of carbonyl (C=O) groups is 2. The Bertz CT molecular complexity index is 399. The summed E-state index contributed by atoms with van der Waals surface area (Å²) in [7, 11) is 0. The summed E-state index contributed by atoms with van der Waals surface area (Å²) >= 11 is 0. The second-order valence-corrected chi connectivity index (χ2v) is 4.64. The second kappa shape index (κ2) is 9.31. The first kappa shape index (κ1) is 15.4. The Morgan fingerprint density at radius 1 is 0.947 bits per heavy atom. The van der Waals surface area contributed by atoms with Gasteiger partial charge in [0.15, 0.2) is 12.6 Å². The van der Waals surface area contributed by atoms with Gasteiger partial charge in [-0.15, -0.1) is 0 Å². The van der Waals surface area contributed by atoms with Gasteiger partial charge in [-0.3, -0.25) is 9.59 Å². The highest BCUT2D eigenvalue weighted by Gasteiger charge is 2.03. The van der Waals surface area contributed by atoms with E-state index in [1.54, 1.807) is 18.2 Å². The van der Waals surface area contributed by atoms with Crippen LogP contribution in [0.3, 0.4) is 0 Å². The van der Waals surface area contributed by atoms with Gasteiger partial charge in [0.2, 0.25) is 0 Å². The van der Waals surface area contributed by atoms with Crippen LogP contribution in [0.2, 0.25) is 0 Å². The fourth-order valence-electron chi connectivity index (χ4n) is 1.92. The van der Waals surface area contributed by atoms with Crippen LogP contribution in [0.4, 0.5) is 0 Å². The third-order valence-electron chi connectivity index (χ3n) is 3.08. The molecule has 0 atom stereocenters. The first-order valence-electron chi connectivity index (χ1n) is 6.99. The van der Waals surface area contributed by atoms with E-state index in [2.05, 4.69) is 6.92 Å². The van der Waals surface area contributed by atoms with Crippen molar-refractivity contribution in [3.8, 4) is 5.75 Å². The van der Waals surface area contributed by atoms with Gasteiger partial charge in [0.25, 0.3) is 0 Å². The Morgan fingerprint density at radius 2 is 1.63 bits per heavy atom. The van der Waals surface area contributed by atoms with Gasteiger partial charge in [-0.2, -0.15) is 0 Å². The molecule has 0 spiro atoms. The summed E-state index contributed by atoms with van der Waals surface area (Å²) in [6.07, 6.45) is 8.66. The van der Waals surface area contributed by atoms with Crippen molar-refractivity contribution in [1.82, 2.24) is 0 Å². The maximum atomic E-state index is 10.8. The van der Waals surface area contributed by atoms with Crippen molar-refractivity contribution in [1.29, 1.82) is 0 Å². The molecule has 0 fully saturated rings. The number of unbranched alkanes of at least 4 members (excludes halogenated alkanes) is 5. The van der Waals surface area contributed by atoms with Gasteiger partial charge >= 0.3 is 0 Å². The van der Waals surface area contributed by atoms with E-state index >= 15 is 0 Å². The van der Waals surface area contributed by atoms with Crippen molar-refractivity contribution in [2.45, 2.75) is 45.4 Å². The first-order valence-corrected chi connectivity index (χ1v) is 6.99. The number of carbonyl (C=O) groups excluding carboxylic acids is 2. The van der Waals surface area contributed by atoms with Crippen molar-refractivity contribution < 1.29 is 14.3 Å². The van der Waals surface area contributed by atoms with Gasteiger partial charge in [0.1, 0.15) is 5.75 Å². The molecule has 19 heavy (non-hydrogen) atoms. The average Bonchev–Trinajstić information content (AvgIpc) is 2.46. The van der Waals surface area contributed by atoms with Crippen molar-refractivity contribution >= 4 is 12.6 Å². The van der Waals surface area contributed by atoms with Crippen molar-refractivity contribution in [2.24, 2.45) is 0 Å². The van der Waals surface area contributed by atoms with E-state index < -0.39 is 0 Å². The molecule has 0 aliphatic carbocycles. The molecule has 0 unspecified atom stereocenters. The zero-order valence-electron chi connectivity index (χ0n) is 11.6. The van der Waals surface area contributed by atoms with E-state index in [1.807, 2.05) is 0 Å². The van der Waals surface area contributed by atoms with Crippen molar-refractivity contribution in [2.75, 3.05) is 6.61 Å². The molecule has 1 aromatic rings. The number of aldehydes is 2. The molecule has 0 saturated carbocycles. The third-order valence-corrected chi connectivity index (χ3v) is 3.08. The summed E-state index contributed by atoms with van der Waals surface area (Å²) in [5.41, 5.74) is 0.789. The van der Waals surface area contributed by atoms with Crippen LogP contribution < -0.4 is 4.74 Å². The lowest BCUT2D eigenvalue weighted by Crippen LogP contribution is -1.99.